The summed E-state index contributed by atoms with van der Waals surface area (Å²) in [6, 6.07) is 0. The Morgan fingerprint density at radius 2 is 2.24 bits per heavy atom. The molecule has 0 bridgehead atoms. The van der Waals surface area contributed by atoms with Gasteiger partial charge in [-0.25, -0.2) is 9.97 Å². The number of aliphatic hydroxyl groups excluding tert-OH is 1. The Kier molecular flexibility index (Phi) is 4.84. The fraction of sp³-hybridized carbons (Fsp3) is 0.545. The summed E-state index contributed by atoms with van der Waals surface area (Å²) in [7, 11) is 3.42. The summed E-state index contributed by atoms with van der Waals surface area (Å²) in [6.07, 6.45) is 3.08. The fourth-order valence-electron chi connectivity index (χ4n) is 1.25. The highest BCUT2D eigenvalue weighted by Gasteiger charge is 2.13. The molecule has 0 saturated heterocycles. The van der Waals surface area contributed by atoms with Crippen molar-refractivity contribution in [1.29, 1.82) is 0 Å². The van der Waals surface area contributed by atoms with Crippen LogP contribution in [0.25, 0.3) is 0 Å². The Morgan fingerprint density at radius 3 is 2.71 bits per heavy atom. The first kappa shape index (κ1) is 13.4. The first-order chi connectivity index (χ1) is 8.04. The van der Waals surface area contributed by atoms with Gasteiger partial charge in [-0.2, -0.15) is 0 Å². The van der Waals surface area contributed by atoms with Gasteiger partial charge in [0.15, 0.2) is 0 Å². The molecule has 2 N–H and O–H groups in total. The lowest BCUT2D eigenvalue weighted by Crippen LogP contribution is -2.30. The minimum Gasteiger partial charge on any atom is -0.393 e. The van der Waals surface area contributed by atoms with Crippen molar-refractivity contribution in [2.24, 2.45) is 0 Å². The highest BCUT2D eigenvalue weighted by Crippen LogP contribution is 2.03. The van der Waals surface area contributed by atoms with E-state index in [1.54, 1.807) is 21.0 Å². The normalized spacial score (nSPS) is 12.0. The van der Waals surface area contributed by atoms with Crippen LogP contribution < -0.4 is 5.32 Å². The van der Waals surface area contributed by atoms with Crippen LogP contribution in [0.2, 0.25) is 0 Å². The lowest BCUT2D eigenvalue weighted by molar-refractivity contribution is 0.0763. The van der Waals surface area contributed by atoms with E-state index < -0.39 is 6.10 Å². The van der Waals surface area contributed by atoms with E-state index in [4.69, 9.17) is 5.11 Å². The quantitative estimate of drug-likeness (QED) is 0.774. The van der Waals surface area contributed by atoms with Gasteiger partial charge >= 0.3 is 0 Å². The molecule has 94 valence electrons. The van der Waals surface area contributed by atoms with Gasteiger partial charge in [-0.1, -0.05) is 0 Å². The number of amides is 1. The molecule has 0 aliphatic rings. The van der Waals surface area contributed by atoms with Gasteiger partial charge in [0.05, 0.1) is 18.5 Å². The molecule has 1 aromatic rings. The van der Waals surface area contributed by atoms with Crippen molar-refractivity contribution < 1.29 is 9.90 Å². The summed E-state index contributed by atoms with van der Waals surface area (Å²) in [6.45, 7) is 2.19. The number of nitrogens with one attached hydrogen (secondary N) is 1. The molecule has 0 spiro atoms. The Labute approximate surface area is 101 Å². The second-order valence-corrected chi connectivity index (χ2v) is 3.90. The van der Waals surface area contributed by atoms with E-state index in [9.17, 15) is 4.79 Å². The van der Waals surface area contributed by atoms with Crippen molar-refractivity contribution in [1.82, 2.24) is 14.9 Å². The molecule has 17 heavy (non-hydrogen) atoms. The molecular weight excluding hydrogens is 220 g/mol. The molecule has 0 saturated carbocycles. The maximum atomic E-state index is 11.9. The van der Waals surface area contributed by atoms with E-state index in [0.717, 1.165) is 0 Å². The predicted molar refractivity (Wildman–Crippen MR) is 64.8 cm³/mol. The SMILES string of the molecule is CNc1cnc(C(=O)N(C)CCC(C)O)cn1. The van der Waals surface area contributed by atoms with Crippen molar-refractivity contribution in [3.8, 4) is 0 Å². The molecule has 0 fully saturated rings. The number of anilines is 1. The number of aliphatic hydroxyl groups is 1. The van der Waals surface area contributed by atoms with Crippen LogP contribution in [0.1, 0.15) is 23.8 Å². The first-order valence-electron chi connectivity index (χ1n) is 5.48. The van der Waals surface area contributed by atoms with Crippen LogP contribution in [0.5, 0.6) is 0 Å². The van der Waals surface area contributed by atoms with Gasteiger partial charge in [0, 0.05) is 20.6 Å². The van der Waals surface area contributed by atoms with E-state index in [-0.39, 0.29) is 5.91 Å². The summed E-state index contributed by atoms with van der Waals surface area (Å²) in [5.41, 5.74) is 0.303. The zero-order chi connectivity index (χ0) is 12.8. The standard InChI is InChI=1S/C11H18N4O2/c1-8(16)4-5-15(3)11(17)9-6-14-10(12-2)7-13-9/h6-8,16H,4-5H2,1-3H3,(H,12,14). The Hall–Kier alpha value is -1.69. The molecule has 0 radical (unpaired) electrons. The number of aromatic nitrogens is 2. The van der Waals surface area contributed by atoms with Crippen LogP contribution in [-0.2, 0) is 0 Å². The van der Waals surface area contributed by atoms with Crippen molar-refractivity contribution in [3.05, 3.63) is 18.1 Å². The average molecular weight is 238 g/mol. The van der Waals surface area contributed by atoms with Crippen molar-refractivity contribution >= 4 is 11.7 Å². The predicted octanol–water partition coefficient (Wildman–Crippen LogP) is 0.361. The van der Waals surface area contributed by atoms with Gasteiger partial charge in [0.2, 0.25) is 0 Å². The first-order valence-corrected chi connectivity index (χ1v) is 5.48. The van der Waals surface area contributed by atoms with E-state index in [0.29, 0.717) is 24.5 Å². The van der Waals surface area contributed by atoms with Crippen LogP contribution in [0, 0.1) is 0 Å². The molecule has 1 unspecified atom stereocenters. The third-order valence-electron chi connectivity index (χ3n) is 2.36. The summed E-state index contributed by atoms with van der Waals surface area (Å²) < 4.78 is 0. The van der Waals surface area contributed by atoms with Gasteiger partial charge in [0.25, 0.3) is 5.91 Å². The molecule has 1 heterocycles. The molecule has 0 aromatic carbocycles. The largest absolute Gasteiger partial charge is 0.393 e. The van der Waals surface area contributed by atoms with Crippen molar-refractivity contribution in [2.45, 2.75) is 19.4 Å². The second-order valence-electron chi connectivity index (χ2n) is 3.90. The van der Waals surface area contributed by atoms with E-state index in [1.165, 1.54) is 17.3 Å². The van der Waals surface area contributed by atoms with E-state index in [2.05, 4.69) is 15.3 Å². The molecule has 6 heteroatoms. The van der Waals surface area contributed by atoms with Crippen LogP contribution in [0.4, 0.5) is 5.82 Å². The van der Waals surface area contributed by atoms with Gasteiger partial charge in [-0.3, -0.25) is 4.79 Å². The number of rotatable bonds is 5. The maximum absolute atomic E-state index is 11.9. The summed E-state index contributed by atoms with van der Waals surface area (Å²) >= 11 is 0. The summed E-state index contributed by atoms with van der Waals surface area (Å²) in [5, 5.41) is 12.0. The summed E-state index contributed by atoms with van der Waals surface area (Å²) in [4.78, 5) is 21.4. The molecule has 1 rings (SSSR count). The van der Waals surface area contributed by atoms with Gasteiger partial charge < -0.3 is 15.3 Å². The fourth-order valence-corrected chi connectivity index (χ4v) is 1.25. The lowest BCUT2D eigenvalue weighted by atomic mass is 10.2. The lowest BCUT2D eigenvalue weighted by Gasteiger charge is -2.17. The smallest absolute Gasteiger partial charge is 0.273 e. The Balaban J connectivity index is 2.61. The number of hydrogen-bond acceptors (Lipinski definition) is 5. The monoisotopic (exact) mass is 238 g/mol. The third-order valence-corrected chi connectivity index (χ3v) is 2.36. The van der Waals surface area contributed by atoms with Crippen molar-refractivity contribution in [3.63, 3.8) is 0 Å². The number of hydrogen-bond donors (Lipinski definition) is 2. The topological polar surface area (TPSA) is 78.4 Å². The zero-order valence-electron chi connectivity index (χ0n) is 10.3. The number of carbonyl (C=O) groups is 1. The molecular formula is C11H18N4O2. The van der Waals surface area contributed by atoms with E-state index in [1.807, 2.05) is 0 Å². The zero-order valence-corrected chi connectivity index (χ0v) is 10.3. The van der Waals surface area contributed by atoms with Gasteiger partial charge in [0.1, 0.15) is 11.5 Å². The van der Waals surface area contributed by atoms with Crippen LogP contribution in [-0.4, -0.2) is 52.6 Å². The molecule has 0 aliphatic carbocycles. The average Bonchev–Trinajstić information content (AvgIpc) is 2.35. The van der Waals surface area contributed by atoms with Gasteiger partial charge in [-0.05, 0) is 13.3 Å². The van der Waals surface area contributed by atoms with Crippen LogP contribution >= 0.6 is 0 Å². The highest BCUT2D eigenvalue weighted by molar-refractivity contribution is 5.91. The van der Waals surface area contributed by atoms with Crippen LogP contribution in [0.3, 0.4) is 0 Å². The third kappa shape index (κ3) is 3.99. The highest BCUT2D eigenvalue weighted by atomic mass is 16.3. The van der Waals surface area contributed by atoms with Gasteiger partial charge in [-0.15, -0.1) is 0 Å². The maximum Gasteiger partial charge on any atom is 0.273 e. The van der Waals surface area contributed by atoms with Crippen LogP contribution in [0.15, 0.2) is 12.4 Å². The minimum atomic E-state index is -0.414. The Bertz CT molecular complexity index is 364. The number of carbonyl (C=O) groups excluding carboxylic acids is 1. The Morgan fingerprint density at radius 1 is 1.53 bits per heavy atom. The minimum absolute atomic E-state index is 0.194. The molecule has 6 nitrogen and oxygen atoms in total. The van der Waals surface area contributed by atoms with E-state index >= 15 is 0 Å². The number of nitrogens with zero attached hydrogens (tertiary/aromatic N) is 3. The molecule has 1 atom stereocenters. The molecule has 1 aromatic heterocycles. The molecule has 1 amide bonds. The summed E-state index contributed by atoms with van der Waals surface area (Å²) in [5.74, 6) is 0.425. The van der Waals surface area contributed by atoms with Crippen molar-refractivity contribution in [2.75, 3.05) is 26.0 Å². The second kappa shape index (κ2) is 6.15. The molecule has 0 aliphatic heterocycles.